The molecule has 1 spiro atoms. The lowest BCUT2D eigenvalue weighted by Gasteiger charge is -2.34. The van der Waals surface area contributed by atoms with Crippen LogP contribution in [-0.2, 0) is 11.8 Å². The van der Waals surface area contributed by atoms with E-state index in [0.29, 0.717) is 11.7 Å². The monoisotopic (exact) mass is 686 g/mol. The maximum atomic E-state index is 5.32. The van der Waals surface area contributed by atoms with Crippen molar-refractivity contribution in [3.05, 3.63) is 225 Å². The van der Waals surface area contributed by atoms with Crippen molar-refractivity contribution in [2.75, 3.05) is 0 Å². The molecule has 8 aromatic carbocycles. The lowest BCUT2D eigenvalue weighted by atomic mass is 9.70. The Bertz CT molecular complexity index is 3000. The zero-order valence-electron chi connectivity index (χ0n) is 29.4. The van der Waals surface area contributed by atoms with E-state index in [9.17, 15) is 0 Å². The molecule has 0 aromatic heterocycles. The highest BCUT2D eigenvalue weighted by molar-refractivity contribution is 6.20. The van der Waals surface area contributed by atoms with Crippen LogP contribution in [0.5, 0.6) is 0 Å². The minimum absolute atomic E-state index is 0.415. The van der Waals surface area contributed by atoms with Crippen LogP contribution in [0.25, 0.3) is 55.2 Å². The molecule has 12 rings (SSSR count). The normalized spacial score (nSPS) is 18.5. The van der Waals surface area contributed by atoms with Gasteiger partial charge in [0, 0.05) is 0 Å². The number of nitrogens with zero attached hydrogens (tertiary/aromatic N) is 3. The topological polar surface area (TPSA) is 38.8 Å². The van der Waals surface area contributed by atoms with Crippen LogP contribution in [0.1, 0.15) is 56.2 Å². The molecule has 0 radical (unpaired) electrons. The summed E-state index contributed by atoms with van der Waals surface area (Å²) in [4.78, 5) is 10.6. The molecule has 8 aromatic rings. The molecule has 1 heterocycles. The zero-order chi connectivity index (χ0) is 35.4. The molecule has 1 aliphatic heterocycles. The average Bonchev–Trinajstić information content (AvgIpc) is 3.69. The molecular weight excluding hydrogens is 655 g/mol. The first kappa shape index (κ1) is 29.7. The minimum Gasteiger partial charge on any atom is -0.438 e. The predicted molar refractivity (Wildman–Crippen MR) is 223 cm³/mol. The molecule has 2 unspecified atom stereocenters. The number of amidine groups is 2. The largest absolute Gasteiger partial charge is 0.438 e. The summed E-state index contributed by atoms with van der Waals surface area (Å²) < 4.78 is 0. The first-order valence-corrected chi connectivity index (χ1v) is 18.8. The zero-order valence-corrected chi connectivity index (χ0v) is 29.4. The number of hydrogen-bond donors (Lipinski definition) is 0. The molecule has 0 saturated carbocycles. The van der Waals surface area contributed by atoms with Crippen molar-refractivity contribution in [1.29, 1.82) is 0 Å². The van der Waals surface area contributed by atoms with Crippen LogP contribution in [0.2, 0.25) is 0 Å². The summed E-state index contributed by atoms with van der Waals surface area (Å²) in [6.07, 6.45) is 5.03. The Morgan fingerprint density at radius 3 is 2.04 bits per heavy atom. The molecular formula is C51H32N3-. The number of hydrogen-bond acceptors (Lipinski definition) is 2. The van der Waals surface area contributed by atoms with E-state index in [-0.39, 0.29) is 0 Å². The second kappa shape index (κ2) is 11.1. The highest BCUT2D eigenvalue weighted by atomic mass is 15.2. The SMILES string of the molecule is C1=Cc2cc(C3=NC(c4ccc5c(c4)C4(c6ccccc6-5)c5ccccc5-c5cc6ccccc6cc54)=NC(c4ccccc4)[N-]3)cc3cccc(c23)C1. The van der Waals surface area contributed by atoms with Crippen molar-refractivity contribution in [2.24, 2.45) is 9.98 Å². The van der Waals surface area contributed by atoms with E-state index in [1.54, 1.807) is 0 Å². The fraction of sp³-hybridized carbons (Fsp3) is 0.0588. The summed E-state index contributed by atoms with van der Waals surface area (Å²) in [6.45, 7) is 0. The third-order valence-corrected chi connectivity index (χ3v) is 12.0. The van der Waals surface area contributed by atoms with Gasteiger partial charge in [0.1, 0.15) is 0 Å². The summed E-state index contributed by atoms with van der Waals surface area (Å²) in [6, 6.07) is 59.9. The van der Waals surface area contributed by atoms with E-state index in [1.807, 2.05) is 6.07 Å². The molecule has 0 N–H and O–H groups in total. The van der Waals surface area contributed by atoms with Crippen LogP contribution in [0, 0.1) is 0 Å². The highest BCUT2D eigenvalue weighted by Crippen LogP contribution is 2.63. The molecule has 0 saturated heterocycles. The molecule has 3 nitrogen and oxygen atoms in total. The Balaban J connectivity index is 1.09. The maximum Gasteiger partial charge on any atom is 0.0822 e. The van der Waals surface area contributed by atoms with Gasteiger partial charge in [-0.05, 0) is 131 Å². The summed E-state index contributed by atoms with van der Waals surface area (Å²) in [5.74, 6) is 1.41. The molecule has 252 valence electrons. The van der Waals surface area contributed by atoms with Crippen molar-refractivity contribution in [3.8, 4) is 22.3 Å². The first-order chi connectivity index (χ1) is 26.7. The van der Waals surface area contributed by atoms with Gasteiger partial charge in [0.2, 0.25) is 0 Å². The number of rotatable bonds is 3. The summed E-state index contributed by atoms with van der Waals surface area (Å²) in [7, 11) is 0. The lowest BCUT2D eigenvalue weighted by Crippen LogP contribution is -2.26. The summed E-state index contributed by atoms with van der Waals surface area (Å²) in [5.41, 5.74) is 15.5. The second-order valence-electron chi connectivity index (χ2n) is 14.8. The van der Waals surface area contributed by atoms with E-state index >= 15 is 0 Å². The third-order valence-electron chi connectivity index (χ3n) is 12.0. The van der Waals surface area contributed by atoms with Gasteiger partial charge in [0.25, 0.3) is 0 Å². The fourth-order valence-electron chi connectivity index (χ4n) is 9.72. The van der Waals surface area contributed by atoms with Gasteiger partial charge < -0.3 is 10.3 Å². The standard InChI is InChI=1S/C51H32N3/c1-2-12-32(13-3-1)48-52-49(54-50(53-48)38-26-35-18-10-16-31-17-11-19-36(27-38)47(31)35)37-24-25-41-39-20-6-8-22-43(39)51(45(41)30-37)44-23-9-7-21-40(44)42-28-33-14-4-5-15-34(33)29-46(42)51/h1-16,18-30,48H,17H2/q-1. The summed E-state index contributed by atoms with van der Waals surface area (Å²) in [5, 5.41) is 10.3. The number of benzene rings is 8. The van der Waals surface area contributed by atoms with E-state index in [0.717, 1.165) is 23.1 Å². The van der Waals surface area contributed by atoms with Crippen LogP contribution in [0.3, 0.4) is 0 Å². The molecule has 54 heavy (non-hydrogen) atoms. The molecule has 4 aliphatic rings. The van der Waals surface area contributed by atoms with Gasteiger partial charge in [0.15, 0.2) is 0 Å². The first-order valence-electron chi connectivity index (χ1n) is 18.8. The van der Waals surface area contributed by atoms with Gasteiger partial charge in [-0.3, -0.25) is 4.99 Å². The van der Waals surface area contributed by atoms with Crippen molar-refractivity contribution >= 4 is 39.3 Å². The van der Waals surface area contributed by atoms with Crippen LogP contribution in [-0.4, -0.2) is 11.7 Å². The molecule has 2 atom stereocenters. The van der Waals surface area contributed by atoms with Crippen LogP contribution in [0.4, 0.5) is 0 Å². The quantitative estimate of drug-likeness (QED) is 0.177. The Morgan fingerprint density at radius 2 is 1.20 bits per heavy atom. The van der Waals surface area contributed by atoms with Crippen molar-refractivity contribution in [3.63, 3.8) is 0 Å². The Hall–Kier alpha value is -6.84. The van der Waals surface area contributed by atoms with Gasteiger partial charge in [-0.1, -0.05) is 151 Å². The van der Waals surface area contributed by atoms with E-state index in [4.69, 9.17) is 15.3 Å². The van der Waals surface area contributed by atoms with E-state index in [2.05, 4.69) is 170 Å². The molecule has 0 amide bonds. The second-order valence-corrected chi connectivity index (χ2v) is 14.8. The van der Waals surface area contributed by atoms with Crippen molar-refractivity contribution in [1.82, 2.24) is 0 Å². The fourth-order valence-corrected chi connectivity index (χ4v) is 9.72. The maximum absolute atomic E-state index is 5.32. The van der Waals surface area contributed by atoms with Crippen molar-refractivity contribution in [2.45, 2.75) is 18.0 Å². The molecule has 3 aliphatic carbocycles. The lowest BCUT2D eigenvalue weighted by molar-refractivity contribution is 0.794. The smallest absolute Gasteiger partial charge is 0.0822 e. The average molecular weight is 687 g/mol. The Labute approximate surface area is 313 Å². The van der Waals surface area contributed by atoms with Gasteiger partial charge in [-0.25, -0.2) is 0 Å². The third kappa shape index (κ3) is 4.07. The van der Waals surface area contributed by atoms with Crippen LogP contribution in [0.15, 0.2) is 180 Å². The summed E-state index contributed by atoms with van der Waals surface area (Å²) >= 11 is 0. The van der Waals surface area contributed by atoms with E-state index in [1.165, 1.54) is 77.2 Å². The number of aliphatic imine (C=N–C) groups is 2. The van der Waals surface area contributed by atoms with E-state index < -0.39 is 11.6 Å². The van der Waals surface area contributed by atoms with Crippen molar-refractivity contribution < 1.29 is 0 Å². The molecule has 0 fully saturated rings. The number of allylic oxidation sites excluding steroid dienone is 1. The minimum atomic E-state index is -0.478. The van der Waals surface area contributed by atoms with Gasteiger partial charge in [0.05, 0.1) is 17.4 Å². The van der Waals surface area contributed by atoms with Gasteiger partial charge >= 0.3 is 0 Å². The molecule has 0 bridgehead atoms. The predicted octanol–water partition coefficient (Wildman–Crippen LogP) is 12.2. The van der Waals surface area contributed by atoms with Crippen LogP contribution >= 0.6 is 0 Å². The van der Waals surface area contributed by atoms with Crippen LogP contribution < -0.4 is 0 Å². The van der Waals surface area contributed by atoms with Gasteiger partial charge in [-0.2, -0.15) is 0 Å². The number of fused-ring (bicyclic) bond motifs is 11. The van der Waals surface area contributed by atoms with Gasteiger partial charge in [-0.15, -0.1) is 0 Å². The molecule has 3 heteroatoms. The highest BCUT2D eigenvalue weighted by Gasteiger charge is 2.51. The Kier molecular flexibility index (Phi) is 6.10. The Morgan fingerprint density at radius 1 is 0.519 bits per heavy atom.